The molecule has 1 N–H and O–H groups in total. The Morgan fingerprint density at radius 1 is 1.24 bits per heavy atom. The Morgan fingerprint density at radius 3 is 2.80 bits per heavy atom. The third-order valence-electron chi connectivity index (χ3n) is 4.93. The van der Waals surface area contributed by atoms with Crippen molar-refractivity contribution in [3.05, 3.63) is 41.5 Å². The molecule has 3 heterocycles. The number of amides is 2. The standard InChI is InChI=1S/C18H22N4O3/c1-12-19-17(25-21-12)13-6-9-22(10-7-13)18(23)20-15-8-11-24-16-5-3-2-4-14(15)16/h2-5,13,15H,6-11H2,1H3,(H,20,23)/t15-/m0/s1. The normalized spacial score (nSPS) is 20.7. The van der Waals surface area contributed by atoms with Crippen molar-refractivity contribution >= 4 is 6.03 Å². The van der Waals surface area contributed by atoms with E-state index in [0.717, 1.165) is 30.6 Å². The molecule has 132 valence electrons. The van der Waals surface area contributed by atoms with Gasteiger partial charge < -0.3 is 19.5 Å². The van der Waals surface area contributed by atoms with Crippen LogP contribution >= 0.6 is 0 Å². The number of hydrogen-bond acceptors (Lipinski definition) is 5. The number of nitrogens with zero attached hydrogens (tertiary/aromatic N) is 3. The number of piperidine rings is 1. The second-order valence-electron chi connectivity index (χ2n) is 6.62. The van der Waals surface area contributed by atoms with Gasteiger partial charge in [-0.15, -0.1) is 0 Å². The average Bonchev–Trinajstić information content (AvgIpc) is 3.08. The van der Waals surface area contributed by atoms with Gasteiger partial charge in [0.15, 0.2) is 5.82 Å². The number of aromatic nitrogens is 2. The van der Waals surface area contributed by atoms with Gasteiger partial charge in [0.1, 0.15) is 5.75 Å². The monoisotopic (exact) mass is 342 g/mol. The Kier molecular flexibility index (Phi) is 4.29. The van der Waals surface area contributed by atoms with Gasteiger partial charge in [-0.1, -0.05) is 23.4 Å². The number of nitrogens with one attached hydrogen (secondary N) is 1. The summed E-state index contributed by atoms with van der Waals surface area (Å²) in [5.41, 5.74) is 1.05. The van der Waals surface area contributed by atoms with Crippen LogP contribution in [-0.2, 0) is 0 Å². The van der Waals surface area contributed by atoms with E-state index in [4.69, 9.17) is 9.26 Å². The number of carbonyl (C=O) groups excluding carboxylic acids is 1. The van der Waals surface area contributed by atoms with Crippen molar-refractivity contribution < 1.29 is 14.1 Å². The third-order valence-corrected chi connectivity index (χ3v) is 4.93. The van der Waals surface area contributed by atoms with Crippen LogP contribution in [0.5, 0.6) is 5.75 Å². The molecule has 1 atom stereocenters. The van der Waals surface area contributed by atoms with Gasteiger partial charge in [-0.05, 0) is 25.8 Å². The number of rotatable bonds is 2. The number of likely N-dealkylation sites (tertiary alicyclic amines) is 1. The summed E-state index contributed by atoms with van der Waals surface area (Å²) >= 11 is 0. The number of ether oxygens (including phenoxy) is 1. The van der Waals surface area contributed by atoms with Gasteiger partial charge in [0.25, 0.3) is 0 Å². The van der Waals surface area contributed by atoms with Crippen molar-refractivity contribution in [1.82, 2.24) is 20.4 Å². The third kappa shape index (κ3) is 3.31. The summed E-state index contributed by atoms with van der Waals surface area (Å²) in [5.74, 6) is 2.46. The second-order valence-corrected chi connectivity index (χ2v) is 6.62. The van der Waals surface area contributed by atoms with E-state index < -0.39 is 0 Å². The minimum atomic E-state index is -0.0122. The second kappa shape index (κ2) is 6.74. The molecule has 1 aromatic heterocycles. The Bertz CT molecular complexity index is 752. The van der Waals surface area contributed by atoms with Crippen LogP contribution in [0, 0.1) is 6.92 Å². The number of benzene rings is 1. The van der Waals surface area contributed by atoms with Crippen LogP contribution in [0.15, 0.2) is 28.8 Å². The lowest BCUT2D eigenvalue weighted by atomic mass is 9.97. The van der Waals surface area contributed by atoms with E-state index in [9.17, 15) is 4.79 Å². The van der Waals surface area contributed by atoms with E-state index in [0.29, 0.717) is 31.4 Å². The summed E-state index contributed by atoms with van der Waals surface area (Å²) in [6.45, 7) is 3.84. The lowest BCUT2D eigenvalue weighted by molar-refractivity contribution is 0.167. The lowest BCUT2D eigenvalue weighted by Gasteiger charge is -2.33. The van der Waals surface area contributed by atoms with Crippen LogP contribution in [0.4, 0.5) is 4.79 Å². The summed E-state index contributed by atoms with van der Waals surface area (Å²) in [7, 11) is 0. The molecule has 25 heavy (non-hydrogen) atoms. The van der Waals surface area contributed by atoms with Crippen LogP contribution < -0.4 is 10.1 Å². The molecule has 0 saturated carbocycles. The van der Waals surface area contributed by atoms with E-state index in [1.807, 2.05) is 36.1 Å². The number of hydrogen-bond donors (Lipinski definition) is 1. The largest absolute Gasteiger partial charge is 0.493 e. The first-order valence-electron chi connectivity index (χ1n) is 8.78. The fraction of sp³-hybridized carbons (Fsp3) is 0.500. The molecule has 0 bridgehead atoms. The molecule has 7 nitrogen and oxygen atoms in total. The quantitative estimate of drug-likeness (QED) is 0.908. The highest BCUT2D eigenvalue weighted by atomic mass is 16.5. The van der Waals surface area contributed by atoms with Crippen LogP contribution in [0.3, 0.4) is 0 Å². The summed E-state index contributed by atoms with van der Waals surface area (Å²) < 4.78 is 10.9. The predicted octanol–water partition coefficient (Wildman–Crippen LogP) is 2.79. The van der Waals surface area contributed by atoms with Gasteiger partial charge in [0, 0.05) is 31.0 Å². The molecule has 1 aromatic carbocycles. The van der Waals surface area contributed by atoms with E-state index in [1.165, 1.54) is 0 Å². The zero-order valence-corrected chi connectivity index (χ0v) is 14.3. The first kappa shape index (κ1) is 15.9. The molecule has 2 aliphatic heterocycles. The number of urea groups is 1. The zero-order valence-electron chi connectivity index (χ0n) is 14.3. The number of carbonyl (C=O) groups is 1. The summed E-state index contributed by atoms with van der Waals surface area (Å²) in [6, 6.07) is 7.89. The highest BCUT2D eigenvalue weighted by Gasteiger charge is 2.29. The topological polar surface area (TPSA) is 80.5 Å². The van der Waals surface area contributed by atoms with Crippen LogP contribution in [-0.4, -0.2) is 40.8 Å². The molecule has 0 radical (unpaired) electrons. The van der Waals surface area contributed by atoms with Crippen LogP contribution in [0.25, 0.3) is 0 Å². The molecule has 1 saturated heterocycles. The maximum absolute atomic E-state index is 12.6. The molecule has 0 unspecified atom stereocenters. The van der Waals surface area contributed by atoms with Crippen molar-refractivity contribution in [2.75, 3.05) is 19.7 Å². The Balaban J connectivity index is 1.35. The van der Waals surface area contributed by atoms with E-state index in [1.54, 1.807) is 0 Å². The molecule has 1 fully saturated rings. The molecular formula is C18H22N4O3. The lowest BCUT2D eigenvalue weighted by Crippen LogP contribution is -2.46. The van der Waals surface area contributed by atoms with Crippen molar-refractivity contribution in [2.24, 2.45) is 0 Å². The molecular weight excluding hydrogens is 320 g/mol. The first-order chi connectivity index (χ1) is 12.2. The molecule has 7 heteroatoms. The Morgan fingerprint density at radius 2 is 2.04 bits per heavy atom. The molecule has 0 aliphatic carbocycles. The molecule has 2 aliphatic rings. The minimum Gasteiger partial charge on any atom is -0.493 e. The van der Waals surface area contributed by atoms with Crippen molar-refractivity contribution in [2.45, 2.75) is 38.1 Å². The highest BCUT2D eigenvalue weighted by Crippen LogP contribution is 2.32. The maximum atomic E-state index is 12.6. The maximum Gasteiger partial charge on any atom is 0.317 e. The first-order valence-corrected chi connectivity index (χ1v) is 8.78. The number of para-hydroxylation sites is 1. The smallest absolute Gasteiger partial charge is 0.317 e. The van der Waals surface area contributed by atoms with E-state index >= 15 is 0 Å². The van der Waals surface area contributed by atoms with Crippen molar-refractivity contribution in [3.63, 3.8) is 0 Å². The van der Waals surface area contributed by atoms with Crippen LogP contribution in [0.1, 0.15) is 48.5 Å². The molecule has 0 spiro atoms. The van der Waals surface area contributed by atoms with E-state index in [2.05, 4.69) is 15.5 Å². The van der Waals surface area contributed by atoms with Gasteiger partial charge in [-0.3, -0.25) is 0 Å². The van der Waals surface area contributed by atoms with Gasteiger partial charge >= 0.3 is 6.03 Å². The Hall–Kier alpha value is -2.57. The SMILES string of the molecule is Cc1noc(C2CCN(C(=O)N[C@H]3CCOc4ccccc43)CC2)n1. The highest BCUT2D eigenvalue weighted by molar-refractivity contribution is 5.75. The number of fused-ring (bicyclic) bond motifs is 1. The van der Waals surface area contributed by atoms with Crippen molar-refractivity contribution in [3.8, 4) is 5.75 Å². The fourth-order valence-corrected chi connectivity index (χ4v) is 3.54. The fourth-order valence-electron chi connectivity index (χ4n) is 3.54. The average molecular weight is 342 g/mol. The van der Waals surface area contributed by atoms with Gasteiger partial charge in [-0.25, -0.2) is 4.79 Å². The predicted molar refractivity (Wildman–Crippen MR) is 90.4 cm³/mol. The number of aryl methyl sites for hydroxylation is 1. The minimum absolute atomic E-state index is 0.00811. The van der Waals surface area contributed by atoms with Crippen molar-refractivity contribution in [1.29, 1.82) is 0 Å². The molecule has 2 amide bonds. The Labute approximate surface area is 146 Å². The van der Waals surface area contributed by atoms with Crippen LogP contribution in [0.2, 0.25) is 0 Å². The summed E-state index contributed by atoms with van der Waals surface area (Å²) in [5, 5.41) is 7.01. The molecule has 2 aromatic rings. The van der Waals surface area contributed by atoms with Gasteiger partial charge in [0.2, 0.25) is 5.89 Å². The van der Waals surface area contributed by atoms with Gasteiger partial charge in [0.05, 0.1) is 12.6 Å². The zero-order chi connectivity index (χ0) is 17.2. The summed E-state index contributed by atoms with van der Waals surface area (Å²) in [6.07, 6.45) is 2.49. The summed E-state index contributed by atoms with van der Waals surface area (Å²) in [4.78, 5) is 18.8. The van der Waals surface area contributed by atoms with E-state index in [-0.39, 0.29) is 18.0 Å². The molecule has 4 rings (SSSR count). The van der Waals surface area contributed by atoms with Gasteiger partial charge in [-0.2, -0.15) is 4.98 Å².